The van der Waals surface area contributed by atoms with E-state index < -0.39 is 5.41 Å². The monoisotopic (exact) mass is 225 g/mol. The third-order valence-electron chi connectivity index (χ3n) is 3.04. The first kappa shape index (κ1) is 11.5. The van der Waals surface area contributed by atoms with Crippen LogP contribution < -0.4 is 4.74 Å². The van der Waals surface area contributed by atoms with Crippen LogP contribution >= 0.6 is 0 Å². The first-order valence-corrected chi connectivity index (χ1v) is 5.57. The molecule has 2 aromatic rings. The van der Waals surface area contributed by atoms with Crippen LogP contribution in [0.5, 0.6) is 5.75 Å². The molecule has 0 aliphatic rings. The van der Waals surface area contributed by atoms with Crippen molar-refractivity contribution in [1.29, 1.82) is 5.26 Å². The molecule has 0 radical (unpaired) electrons. The van der Waals surface area contributed by atoms with Crippen molar-refractivity contribution in [2.45, 2.75) is 19.3 Å². The first-order chi connectivity index (χ1) is 8.08. The highest BCUT2D eigenvalue weighted by Gasteiger charge is 2.22. The predicted molar refractivity (Wildman–Crippen MR) is 69.1 cm³/mol. The van der Waals surface area contributed by atoms with Crippen molar-refractivity contribution in [1.82, 2.24) is 0 Å². The van der Waals surface area contributed by atoms with E-state index >= 15 is 0 Å². The van der Waals surface area contributed by atoms with E-state index in [1.54, 1.807) is 7.11 Å². The normalized spacial score (nSPS) is 11.2. The molecular weight excluding hydrogens is 210 g/mol. The molecule has 0 amide bonds. The van der Waals surface area contributed by atoms with Crippen LogP contribution in [0.4, 0.5) is 0 Å². The molecular formula is C15H15NO. The maximum atomic E-state index is 9.25. The minimum atomic E-state index is -0.494. The quantitative estimate of drug-likeness (QED) is 0.781. The molecule has 86 valence electrons. The van der Waals surface area contributed by atoms with Gasteiger partial charge in [0.2, 0.25) is 0 Å². The summed E-state index contributed by atoms with van der Waals surface area (Å²) in [5.74, 6) is 0.818. The molecule has 0 aliphatic heterocycles. The van der Waals surface area contributed by atoms with Crippen LogP contribution in [-0.4, -0.2) is 7.11 Å². The Morgan fingerprint density at radius 1 is 1.18 bits per heavy atom. The van der Waals surface area contributed by atoms with E-state index in [1.165, 1.54) is 0 Å². The van der Waals surface area contributed by atoms with Gasteiger partial charge in [-0.15, -0.1) is 0 Å². The summed E-state index contributed by atoms with van der Waals surface area (Å²) >= 11 is 0. The van der Waals surface area contributed by atoms with Crippen LogP contribution in [0.2, 0.25) is 0 Å². The van der Waals surface area contributed by atoms with Gasteiger partial charge in [-0.2, -0.15) is 5.26 Å². The molecule has 0 N–H and O–H groups in total. The zero-order valence-corrected chi connectivity index (χ0v) is 10.3. The van der Waals surface area contributed by atoms with Crippen LogP contribution in [0.1, 0.15) is 19.4 Å². The van der Waals surface area contributed by atoms with E-state index in [0.717, 1.165) is 22.1 Å². The van der Waals surface area contributed by atoms with Crippen molar-refractivity contribution in [2.24, 2.45) is 0 Å². The molecule has 2 aromatic carbocycles. The lowest BCUT2D eigenvalue weighted by Gasteiger charge is -2.18. The van der Waals surface area contributed by atoms with Gasteiger partial charge in [0.25, 0.3) is 0 Å². The number of rotatable bonds is 2. The molecule has 2 rings (SSSR count). The van der Waals surface area contributed by atoms with Crippen LogP contribution in [0.3, 0.4) is 0 Å². The largest absolute Gasteiger partial charge is 0.497 e. The second kappa shape index (κ2) is 4.10. The summed E-state index contributed by atoms with van der Waals surface area (Å²) in [6, 6.07) is 14.3. The molecule has 0 saturated carbocycles. The Hall–Kier alpha value is -2.01. The standard InChI is InChI=1S/C15H15NO/c1-15(2,10-16)14-6-4-5-11-7-8-12(17-3)9-13(11)14/h4-9H,1-3H3. The van der Waals surface area contributed by atoms with Gasteiger partial charge >= 0.3 is 0 Å². The molecule has 0 bridgehead atoms. The number of ether oxygens (including phenoxy) is 1. The van der Waals surface area contributed by atoms with Gasteiger partial charge < -0.3 is 4.74 Å². The summed E-state index contributed by atoms with van der Waals surface area (Å²) in [4.78, 5) is 0. The SMILES string of the molecule is COc1ccc2cccc(C(C)(C)C#N)c2c1. The second-order valence-electron chi connectivity index (χ2n) is 4.63. The van der Waals surface area contributed by atoms with Gasteiger partial charge in [0.05, 0.1) is 18.6 Å². The highest BCUT2D eigenvalue weighted by Crippen LogP contribution is 2.31. The molecule has 0 spiro atoms. The fourth-order valence-electron chi connectivity index (χ4n) is 1.98. The molecule has 0 saturated heterocycles. The Bertz CT molecular complexity index is 593. The van der Waals surface area contributed by atoms with Gasteiger partial charge in [0, 0.05) is 0 Å². The van der Waals surface area contributed by atoms with Gasteiger partial charge in [-0.25, -0.2) is 0 Å². The average Bonchev–Trinajstić information content (AvgIpc) is 2.37. The molecule has 0 unspecified atom stereocenters. The lowest BCUT2D eigenvalue weighted by molar-refractivity contribution is 0.415. The van der Waals surface area contributed by atoms with Gasteiger partial charge in [-0.05, 0) is 42.3 Å². The smallest absolute Gasteiger partial charge is 0.119 e. The summed E-state index contributed by atoms with van der Waals surface area (Å²) in [6.07, 6.45) is 0. The van der Waals surface area contributed by atoms with Crippen LogP contribution in [-0.2, 0) is 5.41 Å². The van der Waals surface area contributed by atoms with E-state index in [4.69, 9.17) is 4.74 Å². The van der Waals surface area contributed by atoms with E-state index in [2.05, 4.69) is 6.07 Å². The lowest BCUT2D eigenvalue weighted by atomic mass is 9.83. The zero-order valence-electron chi connectivity index (χ0n) is 10.3. The Balaban J connectivity index is 2.76. The Morgan fingerprint density at radius 2 is 1.94 bits per heavy atom. The highest BCUT2D eigenvalue weighted by molar-refractivity contribution is 5.88. The van der Waals surface area contributed by atoms with Crippen molar-refractivity contribution >= 4 is 10.8 Å². The van der Waals surface area contributed by atoms with Crippen LogP contribution in [0.25, 0.3) is 10.8 Å². The molecule has 17 heavy (non-hydrogen) atoms. The number of benzene rings is 2. The summed E-state index contributed by atoms with van der Waals surface area (Å²) < 4.78 is 5.24. The van der Waals surface area contributed by atoms with Gasteiger partial charge in [0.15, 0.2) is 0 Å². The van der Waals surface area contributed by atoms with Crippen molar-refractivity contribution < 1.29 is 4.74 Å². The van der Waals surface area contributed by atoms with E-state index in [-0.39, 0.29) is 0 Å². The van der Waals surface area contributed by atoms with E-state index in [0.29, 0.717) is 0 Å². The predicted octanol–water partition coefficient (Wildman–Crippen LogP) is 3.65. The topological polar surface area (TPSA) is 33.0 Å². The lowest BCUT2D eigenvalue weighted by Crippen LogP contribution is -2.14. The van der Waals surface area contributed by atoms with Crippen LogP contribution in [0.15, 0.2) is 36.4 Å². The number of nitriles is 1. The van der Waals surface area contributed by atoms with Crippen LogP contribution in [0, 0.1) is 11.3 Å². The molecule has 0 fully saturated rings. The Kier molecular flexibility index (Phi) is 2.77. The fourth-order valence-corrected chi connectivity index (χ4v) is 1.98. The number of nitrogens with zero attached hydrogens (tertiary/aromatic N) is 1. The van der Waals surface area contributed by atoms with Crippen molar-refractivity contribution in [2.75, 3.05) is 7.11 Å². The van der Waals surface area contributed by atoms with E-state index in [1.807, 2.05) is 50.2 Å². The average molecular weight is 225 g/mol. The fraction of sp³-hybridized carbons (Fsp3) is 0.267. The summed E-state index contributed by atoms with van der Waals surface area (Å²) in [6.45, 7) is 3.86. The number of hydrogen-bond donors (Lipinski definition) is 0. The maximum Gasteiger partial charge on any atom is 0.119 e. The van der Waals surface area contributed by atoms with Crippen molar-refractivity contribution in [3.63, 3.8) is 0 Å². The molecule has 2 nitrogen and oxygen atoms in total. The zero-order chi connectivity index (χ0) is 12.5. The van der Waals surface area contributed by atoms with E-state index in [9.17, 15) is 5.26 Å². The third kappa shape index (κ3) is 1.97. The van der Waals surface area contributed by atoms with Gasteiger partial charge in [-0.1, -0.05) is 24.3 Å². The maximum absolute atomic E-state index is 9.25. The second-order valence-corrected chi connectivity index (χ2v) is 4.63. The highest BCUT2D eigenvalue weighted by atomic mass is 16.5. The minimum Gasteiger partial charge on any atom is -0.497 e. The Morgan fingerprint density at radius 3 is 2.59 bits per heavy atom. The minimum absolute atomic E-state index is 0.494. The van der Waals surface area contributed by atoms with Gasteiger partial charge in [-0.3, -0.25) is 0 Å². The first-order valence-electron chi connectivity index (χ1n) is 5.57. The molecule has 2 heteroatoms. The third-order valence-corrected chi connectivity index (χ3v) is 3.04. The summed E-state index contributed by atoms with van der Waals surface area (Å²) in [5.41, 5.74) is 0.544. The number of methoxy groups -OCH3 is 1. The van der Waals surface area contributed by atoms with Crippen molar-refractivity contribution in [3.05, 3.63) is 42.0 Å². The van der Waals surface area contributed by atoms with Crippen molar-refractivity contribution in [3.8, 4) is 11.8 Å². The number of hydrogen-bond acceptors (Lipinski definition) is 2. The molecule has 0 aliphatic carbocycles. The van der Waals surface area contributed by atoms with Gasteiger partial charge in [0.1, 0.15) is 5.75 Å². The molecule has 0 atom stereocenters. The molecule has 0 heterocycles. The summed E-state index contributed by atoms with van der Waals surface area (Å²) in [7, 11) is 1.65. The summed E-state index contributed by atoms with van der Waals surface area (Å²) in [5, 5.41) is 11.5. The number of fused-ring (bicyclic) bond motifs is 1. The molecule has 0 aromatic heterocycles. The Labute approximate surface area is 101 Å².